The molecule has 1 aromatic carbocycles. The predicted molar refractivity (Wildman–Crippen MR) is 85.9 cm³/mol. The van der Waals surface area contributed by atoms with Crippen molar-refractivity contribution in [2.75, 3.05) is 13.1 Å². The lowest BCUT2D eigenvalue weighted by Crippen LogP contribution is -2.34. The molecule has 5 nitrogen and oxygen atoms in total. The summed E-state index contributed by atoms with van der Waals surface area (Å²) in [5.41, 5.74) is 2.96. The van der Waals surface area contributed by atoms with E-state index in [4.69, 9.17) is 9.61 Å². The molecule has 0 saturated carbocycles. The lowest BCUT2D eigenvalue weighted by molar-refractivity contribution is 0.193. The number of hydrogen-bond acceptors (Lipinski definition) is 6. The number of thiazole rings is 1. The van der Waals surface area contributed by atoms with Gasteiger partial charge in [-0.25, -0.2) is 9.61 Å². The van der Waals surface area contributed by atoms with Crippen molar-refractivity contribution < 1.29 is 4.63 Å². The lowest BCUT2D eigenvalue weighted by atomic mass is 9.98. The summed E-state index contributed by atoms with van der Waals surface area (Å²) in [7, 11) is 0. The minimum absolute atomic E-state index is 0.520. The number of likely N-dealkylation sites (tertiary alicyclic amines) is 1. The molecule has 0 amide bonds. The summed E-state index contributed by atoms with van der Waals surface area (Å²) in [4.78, 5) is 7.27. The van der Waals surface area contributed by atoms with Gasteiger partial charge in [0.15, 0.2) is 0 Å². The van der Waals surface area contributed by atoms with Crippen LogP contribution in [0.5, 0.6) is 0 Å². The number of para-hydroxylation sites is 1. The molecule has 1 aliphatic heterocycles. The van der Waals surface area contributed by atoms with Crippen molar-refractivity contribution >= 4 is 21.6 Å². The molecule has 0 bridgehead atoms. The zero-order valence-electron chi connectivity index (χ0n) is 12.5. The fourth-order valence-electron chi connectivity index (χ4n) is 3.07. The minimum Gasteiger partial charge on any atom is -0.297 e. The summed E-state index contributed by atoms with van der Waals surface area (Å²) in [6.07, 6.45) is 2.41. The van der Waals surface area contributed by atoms with E-state index in [2.05, 4.69) is 39.5 Å². The zero-order valence-corrected chi connectivity index (χ0v) is 13.3. The van der Waals surface area contributed by atoms with Gasteiger partial charge >= 0.3 is 0 Å². The van der Waals surface area contributed by atoms with E-state index in [0.717, 1.165) is 36.5 Å². The fourth-order valence-corrected chi connectivity index (χ4v) is 4.16. The second-order valence-corrected chi connectivity index (χ2v) is 6.95. The maximum absolute atomic E-state index is 4.83. The third-order valence-corrected chi connectivity index (χ3v) is 5.48. The van der Waals surface area contributed by atoms with E-state index in [1.54, 1.807) is 0 Å². The quantitative estimate of drug-likeness (QED) is 0.742. The topological polar surface area (TPSA) is 55.1 Å². The SMILES string of the molecule is Cc1nonc1CN1CCC[C@@H](c2nc3ccccc3s2)C1. The van der Waals surface area contributed by atoms with E-state index in [-0.39, 0.29) is 0 Å². The first kappa shape index (κ1) is 13.8. The van der Waals surface area contributed by atoms with E-state index in [1.165, 1.54) is 22.5 Å². The highest BCUT2D eigenvalue weighted by atomic mass is 32.1. The van der Waals surface area contributed by atoms with Gasteiger partial charge in [-0.2, -0.15) is 0 Å². The molecule has 1 aliphatic rings. The molecule has 3 heterocycles. The Morgan fingerprint density at radius 3 is 3.05 bits per heavy atom. The van der Waals surface area contributed by atoms with E-state index in [9.17, 15) is 0 Å². The maximum Gasteiger partial charge on any atom is 0.122 e. The van der Waals surface area contributed by atoms with Gasteiger partial charge in [-0.15, -0.1) is 11.3 Å². The van der Waals surface area contributed by atoms with Crippen LogP contribution < -0.4 is 0 Å². The van der Waals surface area contributed by atoms with Gasteiger partial charge in [-0.05, 0) is 38.4 Å². The van der Waals surface area contributed by atoms with Crippen LogP contribution in [-0.2, 0) is 6.54 Å². The Kier molecular flexibility index (Phi) is 3.63. The molecule has 0 spiro atoms. The second-order valence-electron chi connectivity index (χ2n) is 5.89. The molecular formula is C16H18N4OS. The van der Waals surface area contributed by atoms with Crippen LogP contribution in [0.15, 0.2) is 28.9 Å². The normalized spacial score (nSPS) is 19.8. The zero-order chi connectivity index (χ0) is 14.9. The number of rotatable bonds is 3. The van der Waals surface area contributed by atoms with Gasteiger partial charge in [-0.3, -0.25) is 4.90 Å². The van der Waals surface area contributed by atoms with Crippen molar-refractivity contribution in [2.45, 2.75) is 32.2 Å². The number of hydrogen-bond donors (Lipinski definition) is 0. The average molecular weight is 314 g/mol. The molecule has 3 aromatic rings. The Bertz CT molecular complexity index is 748. The number of piperidine rings is 1. The summed E-state index contributed by atoms with van der Waals surface area (Å²) >= 11 is 1.83. The highest BCUT2D eigenvalue weighted by molar-refractivity contribution is 7.18. The Morgan fingerprint density at radius 2 is 2.23 bits per heavy atom. The van der Waals surface area contributed by atoms with Crippen molar-refractivity contribution in [3.05, 3.63) is 40.7 Å². The van der Waals surface area contributed by atoms with Crippen LogP contribution in [-0.4, -0.2) is 33.3 Å². The van der Waals surface area contributed by atoms with Gasteiger partial charge in [0.2, 0.25) is 0 Å². The summed E-state index contributed by atoms with van der Waals surface area (Å²) in [6, 6.07) is 8.39. The molecule has 1 atom stereocenters. The molecule has 0 aliphatic carbocycles. The minimum atomic E-state index is 0.520. The van der Waals surface area contributed by atoms with Gasteiger partial charge in [-0.1, -0.05) is 22.4 Å². The van der Waals surface area contributed by atoms with Crippen LogP contribution in [0.2, 0.25) is 0 Å². The van der Waals surface area contributed by atoms with Crippen LogP contribution in [0, 0.1) is 6.92 Å². The molecule has 6 heteroatoms. The smallest absolute Gasteiger partial charge is 0.122 e. The van der Waals surface area contributed by atoms with E-state index in [0.29, 0.717) is 5.92 Å². The summed E-state index contributed by atoms with van der Waals surface area (Å²) in [6.45, 7) is 4.90. The number of aromatic nitrogens is 3. The van der Waals surface area contributed by atoms with E-state index in [1.807, 2.05) is 18.3 Å². The molecule has 0 radical (unpaired) electrons. The van der Waals surface area contributed by atoms with Crippen molar-refractivity contribution in [2.24, 2.45) is 0 Å². The average Bonchev–Trinajstić information content (AvgIpc) is 3.14. The van der Waals surface area contributed by atoms with Crippen molar-refractivity contribution in [1.29, 1.82) is 0 Å². The van der Waals surface area contributed by atoms with Crippen LogP contribution in [0.1, 0.15) is 35.2 Å². The standard InChI is InChI=1S/C16H18N4OS/c1-11-14(19-21-18-11)10-20-8-4-5-12(9-20)16-17-13-6-2-3-7-15(13)22-16/h2-3,6-7,12H,4-5,8-10H2,1H3/t12-/m1/s1. The first-order chi connectivity index (χ1) is 10.8. The van der Waals surface area contributed by atoms with Crippen LogP contribution in [0.25, 0.3) is 10.2 Å². The molecule has 1 fully saturated rings. The van der Waals surface area contributed by atoms with Gasteiger partial charge in [0.1, 0.15) is 11.4 Å². The maximum atomic E-state index is 4.83. The number of aryl methyl sites for hydroxylation is 1. The van der Waals surface area contributed by atoms with Crippen molar-refractivity contribution in [1.82, 2.24) is 20.2 Å². The summed E-state index contributed by atoms with van der Waals surface area (Å²) in [5, 5.41) is 9.13. The number of fused-ring (bicyclic) bond motifs is 1. The largest absolute Gasteiger partial charge is 0.297 e. The monoisotopic (exact) mass is 314 g/mol. The first-order valence-corrected chi connectivity index (χ1v) is 8.47. The number of benzene rings is 1. The molecule has 2 aromatic heterocycles. The Hall–Kier alpha value is -1.79. The molecular weight excluding hydrogens is 296 g/mol. The molecule has 4 rings (SSSR count). The fraction of sp³-hybridized carbons (Fsp3) is 0.438. The summed E-state index contributed by atoms with van der Waals surface area (Å²) in [5.74, 6) is 0.520. The van der Waals surface area contributed by atoms with Crippen molar-refractivity contribution in [3.8, 4) is 0 Å². The highest BCUT2D eigenvalue weighted by Gasteiger charge is 2.25. The Balaban J connectivity index is 1.51. The molecule has 22 heavy (non-hydrogen) atoms. The van der Waals surface area contributed by atoms with Gasteiger partial charge in [0.05, 0.1) is 15.2 Å². The first-order valence-electron chi connectivity index (χ1n) is 7.65. The second kappa shape index (κ2) is 5.78. The third kappa shape index (κ3) is 2.64. The Morgan fingerprint density at radius 1 is 1.32 bits per heavy atom. The van der Waals surface area contributed by atoms with Crippen LogP contribution in [0.3, 0.4) is 0 Å². The third-order valence-electron chi connectivity index (χ3n) is 4.28. The highest BCUT2D eigenvalue weighted by Crippen LogP contribution is 2.33. The van der Waals surface area contributed by atoms with E-state index >= 15 is 0 Å². The van der Waals surface area contributed by atoms with E-state index < -0.39 is 0 Å². The predicted octanol–water partition coefficient (Wildman–Crippen LogP) is 3.37. The molecule has 114 valence electrons. The van der Waals surface area contributed by atoms with Gasteiger partial charge < -0.3 is 0 Å². The van der Waals surface area contributed by atoms with Crippen molar-refractivity contribution in [3.63, 3.8) is 0 Å². The molecule has 0 unspecified atom stereocenters. The molecule has 1 saturated heterocycles. The van der Waals surface area contributed by atoms with Crippen LogP contribution >= 0.6 is 11.3 Å². The summed E-state index contributed by atoms with van der Waals surface area (Å²) < 4.78 is 6.08. The lowest BCUT2D eigenvalue weighted by Gasteiger charge is -2.31. The number of nitrogens with zero attached hydrogens (tertiary/aromatic N) is 4. The molecule has 0 N–H and O–H groups in total. The Labute approximate surface area is 132 Å². The van der Waals surface area contributed by atoms with Crippen LogP contribution in [0.4, 0.5) is 0 Å². The van der Waals surface area contributed by atoms with Gasteiger partial charge in [0.25, 0.3) is 0 Å². The van der Waals surface area contributed by atoms with Gasteiger partial charge in [0, 0.05) is 19.0 Å².